The van der Waals surface area contributed by atoms with Crippen molar-refractivity contribution >= 4 is 49.5 Å². The zero-order valence-corrected chi connectivity index (χ0v) is 14.0. The summed E-state index contributed by atoms with van der Waals surface area (Å²) < 4.78 is 6.34. The molecule has 0 saturated carbocycles. The van der Waals surface area contributed by atoms with E-state index in [9.17, 15) is 0 Å². The van der Waals surface area contributed by atoms with E-state index >= 15 is 0 Å². The molecule has 0 radical (unpaired) electrons. The number of benzene rings is 1. The average Bonchev–Trinajstić information content (AvgIpc) is 2.84. The van der Waals surface area contributed by atoms with Crippen LogP contribution in [0.2, 0.25) is 5.28 Å². The average molecular weight is 373 g/mol. The van der Waals surface area contributed by atoms with Crippen LogP contribution in [0.5, 0.6) is 5.88 Å². The van der Waals surface area contributed by atoms with Crippen LogP contribution < -0.4 is 4.74 Å². The minimum Gasteiger partial charge on any atom is -0.474 e. The third kappa shape index (κ3) is 3.28. The first-order valence-corrected chi connectivity index (χ1v) is 7.74. The van der Waals surface area contributed by atoms with Crippen LogP contribution >= 0.6 is 27.5 Å². The van der Waals surface area contributed by atoms with Crippen molar-refractivity contribution in [1.29, 1.82) is 0 Å². The van der Waals surface area contributed by atoms with Gasteiger partial charge in [0.15, 0.2) is 0 Å². The Morgan fingerprint density at radius 3 is 2.81 bits per heavy atom. The Balaban J connectivity index is 0.000000774. The summed E-state index contributed by atoms with van der Waals surface area (Å²) in [7, 11) is 0. The monoisotopic (exact) mass is 371 g/mol. The Bertz CT molecular complexity index is 761. The molecule has 112 valence electrons. The van der Waals surface area contributed by atoms with Crippen molar-refractivity contribution in [2.45, 2.75) is 13.8 Å². The summed E-state index contributed by atoms with van der Waals surface area (Å²) >= 11 is 9.32. The number of hydrogen-bond donors (Lipinski definition) is 2. The molecule has 0 unspecified atom stereocenters. The summed E-state index contributed by atoms with van der Waals surface area (Å²) in [5.74, 6) is 0.344. The van der Waals surface area contributed by atoms with Gasteiger partial charge < -0.3 is 14.8 Å². The highest BCUT2D eigenvalue weighted by Gasteiger charge is 2.13. The van der Waals surface area contributed by atoms with Gasteiger partial charge in [-0.2, -0.15) is 4.98 Å². The predicted octanol–water partition coefficient (Wildman–Crippen LogP) is 3.92. The molecule has 0 atom stereocenters. The van der Waals surface area contributed by atoms with E-state index in [1.54, 1.807) is 0 Å². The molecule has 0 saturated heterocycles. The summed E-state index contributed by atoms with van der Waals surface area (Å²) in [6, 6.07) is 5.82. The van der Waals surface area contributed by atoms with E-state index in [1.165, 1.54) is 0 Å². The van der Waals surface area contributed by atoms with Crippen molar-refractivity contribution in [3.8, 4) is 5.88 Å². The maximum atomic E-state index is 8.83. The van der Waals surface area contributed by atoms with E-state index in [2.05, 4.69) is 30.9 Å². The Morgan fingerprint density at radius 1 is 1.33 bits per heavy atom. The second-order valence-electron chi connectivity index (χ2n) is 3.91. The molecule has 2 heterocycles. The van der Waals surface area contributed by atoms with Gasteiger partial charge in [-0.05, 0) is 29.8 Å². The molecule has 2 aromatic heterocycles. The largest absolute Gasteiger partial charge is 0.474 e. The first-order valence-electron chi connectivity index (χ1n) is 6.57. The molecule has 3 rings (SSSR count). The molecule has 0 bridgehead atoms. The maximum Gasteiger partial charge on any atom is 0.242 e. The Morgan fingerprint density at radius 2 is 2.10 bits per heavy atom. The van der Waals surface area contributed by atoms with E-state index in [4.69, 9.17) is 21.4 Å². The number of hydrogen-bond acceptors (Lipinski definition) is 4. The number of aromatic nitrogens is 3. The zero-order valence-electron chi connectivity index (χ0n) is 11.7. The van der Waals surface area contributed by atoms with Gasteiger partial charge in [0.25, 0.3) is 0 Å². The molecule has 0 aliphatic rings. The number of fused-ring (bicyclic) bond motifs is 3. The normalized spacial score (nSPS) is 10.5. The lowest BCUT2D eigenvalue weighted by molar-refractivity contribution is 0.198. The maximum absolute atomic E-state index is 8.83. The number of rotatable bonds is 3. The van der Waals surface area contributed by atoms with Crippen LogP contribution in [0.3, 0.4) is 0 Å². The molecule has 1 aromatic carbocycles. The van der Waals surface area contributed by atoms with Gasteiger partial charge in [-0.3, -0.25) is 0 Å². The molecule has 7 heteroatoms. The van der Waals surface area contributed by atoms with Crippen molar-refractivity contribution in [3.05, 3.63) is 28.0 Å². The lowest BCUT2D eigenvalue weighted by atomic mass is 10.2. The molecule has 3 aromatic rings. The number of H-pyrrole nitrogens is 1. The van der Waals surface area contributed by atoms with Gasteiger partial charge in [0.2, 0.25) is 11.2 Å². The van der Waals surface area contributed by atoms with Gasteiger partial charge in [0.05, 0.1) is 6.61 Å². The van der Waals surface area contributed by atoms with Crippen molar-refractivity contribution in [2.24, 2.45) is 0 Å². The lowest BCUT2D eigenvalue weighted by Crippen LogP contribution is -2.04. The predicted molar refractivity (Wildman–Crippen MR) is 88.0 cm³/mol. The smallest absolute Gasteiger partial charge is 0.242 e. The van der Waals surface area contributed by atoms with Crippen LogP contribution in [-0.2, 0) is 0 Å². The Kier molecular flexibility index (Phi) is 5.39. The number of aliphatic hydroxyl groups is 1. The molecule has 0 spiro atoms. The Hall–Kier alpha value is -1.37. The molecule has 0 fully saturated rings. The first kappa shape index (κ1) is 16.0. The number of halogens is 2. The summed E-state index contributed by atoms with van der Waals surface area (Å²) in [5, 5.41) is 9.88. The van der Waals surface area contributed by atoms with E-state index in [0.29, 0.717) is 16.9 Å². The molecular formula is C14H15BrClN3O2. The number of aliphatic hydroxyl groups excluding tert-OH is 1. The molecular weight excluding hydrogens is 358 g/mol. The summed E-state index contributed by atoms with van der Waals surface area (Å²) in [6.45, 7) is 4.07. The van der Waals surface area contributed by atoms with E-state index in [0.717, 1.165) is 15.4 Å². The standard InChI is InChI=1S/C12H9BrClN3O2.C2H6/c13-6-1-2-7-8(5-6)15-10-9(7)16-12(14)17-11(10)19-4-3-18;1-2/h1-2,5,15,18H,3-4H2;1-2H3. The van der Waals surface area contributed by atoms with Gasteiger partial charge >= 0.3 is 0 Å². The quantitative estimate of drug-likeness (QED) is 0.684. The van der Waals surface area contributed by atoms with Gasteiger partial charge in [0, 0.05) is 15.4 Å². The topological polar surface area (TPSA) is 71.0 Å². The van der Waals surface area contributed by atoms with Crippen LogP contribution in [0.1, 0.15) is 13.8 Å². The SMILES string of the molecule is CC.OCCOc1nc(Cl)nc2c1[nH]c1cc(Br)ccc12. The van der Waals surface area contributed by atoms with Gasteiger partial charge in [-0.25, -0.2) is 4.98 Å². The fraction of sp³-hybridized carbons (Fsp3) is 0.286. The zero-order chi connectivity index (χ0) is 15.4. The van der Waals surface area contributed by atoms with Gasteiger partial charge in [-0.15, -0.1) is 0 Å². The van der Waals surface area contributed by atoms with Gasteiger partial charge in [0.1, 0.15) is 17.6 Å². The van der Waals surface area contributed by atoms with E-state index < -0.39 is 0 Å². The fourth-order valence-electron chi connectivity index (χ4n) is 1.93. The Labute approximate surface area is 135 Å². The van der Waals surface area contributed by atoms with Crippen LogP contribution in [0.25, 0.3) is 21.9 Å². The highest BCUT2D eigenvalue weighted by molar-refractivity contribution is 9.10. The fourth-order valence-corrected chi connectivity index (χ4v) is 2.45. The van der Waals surface area contributed by atoms with Crippen LogP contribution in [0, 0.1) is 0 Å². The number of nitrogens with zero attached hydrogens (tertiary/aromatic N) is 2. The summed E-state index contributed by atoms with van der Waals surface area (Å²) in [6.07, 6.45) is 0. The molecule has 0 amide bonds. The second-order valence-corrected chi connectivity index (χ2v) is 5.16. The summed E-state index contributed by atoms with van der Waals surface area (Å²) in [5.41, 5.74) is 2.29. The lowest BCUT2D eigenvalue weighted by Gasteiger charge is -2.04. The molecule has 0 aliphatic heterocycles. The molecule has 0 aliphatic carbocycles. The van der Waals surface area contributed by atoms with E-state index in [1.807, 2.05) is 32.0 Å². The van der Waals surface area contributed by atoms with Gasteiger partial charge in [-0.1, -0.05) is 29.8 Å². The van der Waals surface area contributed by atoms with Crippen molar-refractivity contribution < 1.29 is 9.84 Å². The number of nitrogens with one attached hydrogen (secondary N) is 1. The van der Waals surface area contributed by atoms with Crippen LogP contribution in [-0.4, -0.2) is 33.3 Å². The second kappa shape index (κ2) is 7.06. The van der Waals surface area contributed by atoms with Crippen molar-refractivity contribution in [2.75, 3.05) is 13.2 Å². The third-order valence-corrected chi connectivity index (χ3v) is 3.34. The third-order valence-electron chi connectivity index (χ3n) is 2.68. The van der Waals surface area contributed by atoms with Crippen molar-refractivity contribution in [1.82, 2.24) is 15.0 Å². The minimum absolute atomic E-state index is 0.0884. The molecule has 2 N–H and O–H groups in total. The van der Waals surface area contributed by atoms with Crippen LogP contribution in [0.4, 0.5) is 0 Å². The first-order chi connectivity index (χ1) is 10.2. The minimum atomic E-state index is -0.0884. The summed E-state index contributed by atoms with van der Waals surface area (Å²) in [4.78, 5) is 11.5. The highest BCUT2D eigenvalue weighted by atomic mass is 79.9. The molecule has 5 nitrogen and oxygen atoms in total. The highest BCUT2D eigenvalue weighted by Crippen LogP contribution is 2.31. The molecule has 21 heavy (non-hydrogen) atoms. The van der Waals surface area contributed by atoms with Crippen LogP contribution in [0.15, 0.2) is 22.7 Å². The number of ether oxygens (including phenoxy) is 1. The van der Waals surface area contributed by atoms with Crippen molar-refractivity contribution in [3.63, 3.8) is 0 Å². The van der Waals surface area contributed by atoms with E-state index in [-0.39, 0.29) is 18.5 Å². The number of aromatic amines is 1.